The first kappa shape index (κ1) is 16.4. The lowest BCUT2D eigenvalue weighted by Gasteiger charge is -2.23. The third-order valence-corrected chi connectivity index (χ3v) is 3.31. The molecule has 108 valence electrons. The zero-order valence-corrected chi connectivity index (χ0v) is 12.6. The van der Waals surface area contributed by atoms with Gasteiger partial charge in [0.15, 0.2) is 0 Å². The molecule has 0 saturated heterocycles. The Morgan fingerprint density at radius 2 is 2.21 bits per heavy atom. The molecule has 0 heterocycles. The summed E-state index contributed by atoms with van der Waals surface area (Å²) in [5.74, 6) is 0. The second-order valence-corrected chi connectivity index (χ2v) is 5.42. The van der Waals surface area contributed by atoms with E-state index < -0.39 is 0 Å². The van der Waals surface area contributed by atoms with Crippen LogP contribution >= 0.6 is 11.6 Å². The van der Waals surface area contributed by atoms with Gasteiger partial charge in [0.2, 0.25) is 0 Å². The van der Waals surface area contributed by atoms with E-state index in [0.29, 0.717) is 12.1 Å². The fraction of sp³-hybridized carbons (Fsp3) is 0.600. The molecule has 0 aromatic heterocycles. The minimum Gasteiger partial charge on any atom is -0.383 e. The number of nitrogens with two attached hydrogens (primary N) is 1. The number of rotatable bonds is 9. The summed E-state index contributed by atoms with van der Waals surface area (Å²) in [4.78, 5) is 0. The van der Waals surface area contributed by atoms with Gasteiger partial charge < -0.3 is 15.8 Å². The fourth-order valence-electron chi connectivity index (χ4n) is 2.26. The van der Waals surface area contributed by atoms with Gasteiger partial charge in [-0.1, -0.05) is 23.7 Å². The molecule has 0 bridgehead atoms. The summed E-state index contributed by atoms with van der Waals surface area (Å²) < 4.78 is 5.25. The Kier molecular flexibility index (Phi) is 8.07. The SMILES string of the molecule is COCC(CCCN)NC(C)Cc1cccc(Cl)c1. The van der Waals surface area contributed by atoms with E-state index in [1.807, 2.05) is 18.2 Å². The fourth-order valence-corrected chi connectivity index (χ4v) is 2.47. The number of benzene rings is 1. The lowest BCUT2D eigenvalue weighted by molar-refractivity contribution is 0.156. The molecule has 1 rings (SSSR count). The highest BCUT2D eigenvalue weighted by Crippen LogP contribution is 2.12. The van der Waals surface area contributed by atoms with Crippen molar-refractivity contribution in [3.8, 4) is 0 Å². The molecule has 0 amide bonds. The van der Waals surface area contributed by atoms with E-state index in [1.165, 1.54) is 5.56 Å². The molecule has 0 spiro atoms. The Bertz CT molecular complexity index is 360. The molecule has 0 aliphatic heterocycles. The van der Waals surface area contributed by atoms with Gasteiger partial charge in [0.1, 0.15) is 0 Å². The number of nitrogens with one attached hydrogen (secondary N) is 1. The molecule has 0 fully saturated rings. The molecule has 1 aromatic rings. The first-order chi connectivity index (χ1) is 9.15. The van der Waals surface area contributed by atoms with Gasteiger partial charge in [-0.15, -0.1) is 0 Å². The summed E-state index contributed by atoms with van der Waals surface area (Å²) in [6, 6.07) is 8.77. The highest BCUT2D eigenvalue weighted by Gasteiger charge is 2.12. The second-order valence-electron chi connectivity index (χ2n) is 4.98. The average Bonchev–Trinajstić information content (AvgIpc) is 2.36. The molecule has 0 aliphatic carbocycles. The third kappa shape index (κ3) is 6.92. The average molecular weight is 285 g/mol. The van der Waals surface area contributed by atoms with E-state index in [1.54, 1.807) is 7.11 Å². The van der Waals surface area contributed by atoms with Gasteiger partial charge in [0.05, 0.1) is 6.61 Å². The minimum absolute atomic E-state index is 0.364. The number of halogens is 1. The van der Waals surface area contributed by atoms with Crippen molar-refractivity contribution in [2.24, 2.45) is 5.73 Å². The van der Waals surface area contributed by atoms with Crippen molar-refractivity contribution in [3.05, 3.63) is 34.9 Å². The zero-order chi connectivity index (χ0) is 14.1. The molecule has 3 nitrogen and oxygen atoms in total. The lowest BCUT2D eigenvalue weighted by Crippen LogP contribution is -2.40. The Morgan fingerprint density at radius 1 is 1.42 bits per heavy atom. The van der Waals surface area contributed by atoms with Crippen molar-refractivity contribution in [1.29, 1.82) is 0 Å². The molecule has 19 heavy (non-hydrogen) atoms. The number of ether oxygens (including phenoxy) is 1. The predicted octanol–water partition coefficient (Wildman–Crippen LogP) is 2.61. The van der Waals surface area contributed by atoms with E-state index >= 15 is 0 Å². The summed E-state index contributed by atoms with van der Waals surface area (Å²) >= 11 is 6.00. The Hall–Kier alpha value is -0.610. The largest absolute Gasteiger partial charge is 0.383 e. The summed E-state index contributed by atoms with van der Waals surface area (Å²) in [5.41, 5.74) is 6.81. The van der Waals surface area contributed by atoms with Gasteiger partial charge in [-0.3, -0.25) is 0 Å². The molecule has 1 aromatic carbocycles. The van der Waals surface area contributed by atoms with E-state index in [4.69, 9.17) is 22.1 Å². The maximum absolute atomic E-state index is 6.00. The van der Waals surface area contributed by atoms with Crippen molar-refractivity contribution in [3.63, 3.8) is 0 Å². The van der Waals surface area contributed by atoms with Gasteiger partial charge in [-0.25, -0.2) is 0 Å². The molecule has 3 N–H and O–H groups in total. The van der Waals surface area contributed by atoms with Crippen molar-refractivity contribution in [2.75, 3.05) is 20.3 Å². The van der Waals surface area contributed by atoms with Gasteiger partial charge >= 0.3 is 0 Å². The van der Waals surface area contributed by atoms with Gasteiger partial charge in [-0.2, -0.15) is 0 Å². The molecular formula is C15H25ClN2O. The molecule has 0 aliphatic rings. The molecule has 4 heteroatoms. The lowest BCUT2D eigenvalue weighted by atomic mass is 10.1. The molecule has 2 unspecified atom stereocenters. The second kappa shape index (κ2) is 9.32. The summed E-state index contributed by atoms with van der Waals surface area (Å²) in [6.45, 7) is 3.64. The van der Waals surface area contributed by atoms with Crippen molar-refractivity contribution in [1.82, 2.24) is 5.32 Å². The molecular weight excluding hydrogens is 260 g/mol. The number of hydrogen-bond acceptors (Lipinski definition) is 3. The molecule has 0 radical (unpaired) electrons. The predicted molar refractivity (Wildman–Crippen MR) is 81.7 cm³/mol. The topological polar surface area (TPSA) is 47.3 Å². The Balaban J connectivity index is 2.44. The van der Waals surface area contributed by atoms with Crippen molar-refractivity contribution in [2.45, 2.75) is 38.3 Å². The Labute approximate surface area is 121 Å². The normalized spacial score (nSPS) is 14.3. The van der Waals surface area contributed by atoms with Crippen molar-refractivity contribution < 1.29 is 4.74 Å². The van der Waals surface area contributed by atoms with Crippen LogP contribution in [0.4, 0.5) is 0 Å². The summed E-state index contributed by atoms with van der Waals surface area (Å²) in [5, 5.41) is 4.39. The summed E-state index contributed by atoms with van der Waals surface area (Å²) in [7, 11) is 1.73. The van der Waals surface area contributed by atoms with Crippen LogP contribution in [0.5, 0.6) is 0 Å². The van der Waals surface area contributed by atoms with Crippen molar-refractivity contribution >= 4 is 11.6 Å². The van der Waals surface area contributed by atoms with E-state index in [9.17, 15) is 0 Å². The van der Waals surface area contributed by atoms with Crippen LogP contribution in [0.2, 0.25) is 5.02 Å². The van der Waals surface area contributed by atoms with Crippen LogP contribution < -0.4 is 11.1 Å². The van der Waals surface area contributed by atoms with E-state index in [-0.39, 0.29) is 0 Å². The first-order valence-corrected chi connectivity index (χ1v) is 7.23. The van der Waals surface area contributed by atoms with Crippen LogP contribution in [0.25, 0.3) is 0 Å². The van der Waals surface area contributed by atoms with Crippen LogP contribution in [0.15, 0.2) is 24.3 Å². The monoisotopic (exact) mass is 284 g/mol. The van der Waals surface area contributed by atoms with Crippen LogP contribution in [0.1, 0.15) is 25.3 Å². The van der Waals surface area contributed by atoms with Gasteiger partial charge in [0, 0.05) is 24.2 Å². The molecule has 2 atom stereocenters. The maximum Gasteiger partial charge on any atom is 0.0615 e. The first-order valence-electron chi connectivity index (χ1n) is 6.85. The smallest absolute Gasteiger partial charge is 0.0615 e. The van der Waals surface area contributed by atoms with Crippen LogP contribution in [-0.2, 0) is 11.2 Å². The van der Waals surface area contributed by atoms with E-state index in [2.05, 4.69) is 18.3 Å². The minimum atomic E-state index is 0.364. The Morgan fingerprint density at radius 3 is 2.84 bits per heavy atom. The maximum atomic E-state index is 6.00. The van der Waals surface area contributed by atoms with E-state index in [0.717, 1.165) is 37.4 Å². The standard InChI is InChI=1S/C15H25ClN2O/c1-12(9-13-5-3-6-14(16)10-13)18-15(11-19-2)7-4-8-17/h3,5-6,10,12,15,18H,4,7-9,11,17H2,1-2H3. The quantitative estimate of drug-likeness (QED) is 0.733. The molecule has 0 saturated carbocycles. The highest BCUT2D eigenvalue weighted by atomic mass is 35.5. The van der Waals surface area contributed by atoms with Crippen LogP contribution in [-0.4, -0.2) is 32.3 Å². The van der Waals surface area contributed by atoms with Gasteiger partial charge in [-0.05, 0) is 50.4 Å². The zero-order valence-electron chi connectivity index (χ0n) is 11.9. The number of methoxy groups -OCH3 is 1. The van der Waals surface area contributed by atoms with Crippen LogP contribution in [0.3, 0.4) is 0 Å². The van der Waals surface area contributed by atoms with Crippen LogP contribution in [0, 0.1) is 0 Å². The summed E-state index contributed by atoms with van der Waals surface area (Å²) in [6.07, 6.45) is 3.03. The van der Waals surface area contributed by atoms with Gasteiger partial charge in [0.25, 0.3) is 0 Å². The third-order valence-electron chi connectivity index (χ3n) is 3.08. The highest BCUT2D eigenvalue weighted by molar-refractivity contribution is 6.30. The number of hydrogen-bond donors (Lipinski definition) is 2.